The lowest BCUT2D eigenvalue weighted by molar-refractivity contribution is -0.156. The van der Waals surface area contributed by atoms with Gasteiger partial charge in [0.15, 0.2) is 13.5 Å². The van der Waals surface area contributed by atoms with E-state index in [0.29, 0.717) is 10.9 Å². The van der Waals surface area contributed by atoms with E-state index in [-0.39, 0.29) is 43.0 Å². The van der Waals surface area contributed by atoms with Gasteiger partial charge in [-0.15, -0.1) is 4.31 Å². The molecule has 1 amide bonds. The van der Waals surface area contributed by atoms with Crippen LogP contribution in [0.5, 0.6) is 5.88 Å². The van der Waals surface area contributed by atoms with Crippen LogP contribution < -0.4 is 15.6 Å². The number of pyridine rings is 2. The lowest BCUT2D eigenvalue weighted by Gasteiger charge is -2.27. The van der Waals surface area contributed by atoms with Crippen LogP contribution in [-0.2, 0) is 42.7 Å². The molecule has 47 heavy (non-hydrogen) atoms. The van der Waals surface area contributed by atoms with Gasteiger partial charge >= 0.3 is 11.9 Å². The van der Waals surface area contributed by atoms with E-state index in [0.717, 1.165) is 9.87 Å². The van der Waals surface area contributed by atoms with Crippen LogP contribution in [0.4, 0.5) is 0 Å². The Morgan fingerprint density at radius 1 is 1.04 bits per heavy atom. The zero-order valence-electron chi connectivity index (χ0n) is 26.8. The summed E-state index contributed by atoms with van der Waals surface area (Å²) < 4.78 is 44.6. The number of nitriles is 1. The van der Waals surface area contributed by atoms with Crippen molar-refractivity contribution in [2.45, 2.75) is 51.8 Å². The van der Waals surface area contributed by atoms with Gasteiger partial charge in [0.1, 0.15) is 22.4 Å². The van der Waals surface area contributed by atoms with Crippen molar-refractivity contribution >= 4 is 38.8 Å². The Labute approximate surface area is 272 Å². The minimum absolute atomic E-state index is 0.0165. The standard InChI is InChI=1S/C32H37N5O9S/c1-20(2)30(40)45-18-37(19-46-31(41)21(3)4)47(42,43)32(11-12-32)17-44-28-26-24(10-13-34-28)14-25(29(39)36(26)5)27(38)35-16-23-8-6-22(15-33)7-9-23/h6-10,13-14,20-21H,11-12,16-19H2,1-5H3,(H,35,38). The number of esters is 2. The van der Waals surface area contributed by atoms with Gasteiger partial charge in [0, 0.05) is 25.2 Å². The summed E-state index contributed by atoms with van der Waals surface area (Å²) in [6, 6.07) is 11.7. The van der Waals surface area contributed by atoms with E-state index in [9.17, 15) is 27.6 Å². The monoisotopic (exact) mass is 667 g/mol. The average Bonchev–Trinajstić information content (AvgIpc) is 3.85. The minimum atomic E-state index is -4.24. The number of sulfonamides is 1. The number of hydrogen-bond acceptors (Lipinski definition) is 11. The summed E-state index contributed by atoms with van der Waals surface area (Å²) in [6.45, 7) is 4.90. The molecule has 4 rings (SSSR count). The first-order chi connectivity index (χ1) is 22.2. The highest BCUT2D eigenvalue weighted by Crippen LogP contribution is 2.46. The van der Waals surface area contributed by atoms with Crippen molar-refractivity contribution in [1.82, 2.24) is 19.2 Å². The smallest absolute Gasteiger partial charge is 0.309 e. The van der Waals surface area contributed by atoms with Crippen molar-refractivity contribution in [3.05, 3.63) is 69.6 Å². The molecule has 0 saturated heterocycles. The van der Waals surface area contributed by atoms with Crippen LogP contribution in [0.1, 0.15) is 62.0 Å². The highest BCUT2D eigenvalue weighted by molar-refractivity contribution is 7.90. The molecule has 3 aromatic rings. The Morgan fingerprint density at radius 3 is 2.17 bits per heavy atom. The minimum Gasteiger partial charge on any atom is -0.474 e. The number of carbonyl (C=O) groups excluding carboxylic acids is 3. The van der Waals surface area contributed by atoms with Gasteiger partial charge in [-0.3, -0.25) is 19.2 Å². The Kier molecular flexibility index (Phi) is 10.7. The van der Waals surface area contributed by atoms with Crippen LogP contribution in [0.3, 0.4) is 0 Å². The number of fused-ring (bicyclic) bond motifs is 1. The molecule has 250 valence electrons. The molecule has 1 saturated carbocycles. The van der Waals surface area contributed by atoms with Gasteiger partial charge in [-0.25, -0.2) is 13.4 Å². The summed E-state index contributed by atoms with van der Waals surface area (Å²) in [5.41, 5.74) is 0.745. The maximum Gasteiger partial charge on any atom is 0.309 e. The Balaban J connectivity index is 1.54. The van der Waals surface area contributed by atoms with E-state index >= 15 is 0 Å². The van der Waals surface area contributed by atoms with E-state index in [1.807, 2.05) is 6.07 Å². The quantitative estimate of drug-likeness (QED) is 0.197. The van der Waals surface area contributed by atoms with Crippen molar-refractivity contribution in [3.8, 4) is 11.9 Å². The highest BCUT2D eigenvalue weighted by Gasteiger charge is 2.58. The molecular formula is C32H37N5O9S. The first-order valence-corrected chi connectivity index (χ1v) is 16.4. The average molecular weight is 668 g/mol. The molecule has 2 heterocycles. The van der Waals surface area contributed by atoms with E-state index in [1.54, 1.807) is 58.0 Å². The fraction of sp³-hybridized carbons (Fsp3) is 0.438. The maximum absolute atomic E-state index is 13.8. The van der Waals surface area contributed by atoms with Gasteiger partial charge in [0.2, 0.25) is 15.9 Å². The molecule has 1 aliphatic carbocycles. The van der Waals surface area contributed by atoms with Gasteiger partial charge in [0.25, 0.3) is 11.5 Å². The fourth-order valence-electron chi connectivity index (χ4n) is 4.52. The summed E-state index contributed by atoms with van der Waals surface area (Å²) in [7, 11) is -2.78. The summed E-state index contributed by atoms with van der Waals surface area (Å²) in [5.74, 6) is -2.87. The Bertz CT molecular complexity index is 1850. The zero-order valence-corrected chi connectivity index (χ0v) is 27.6. The van der Waals surface area contributed by atoms with Crippen molar-refractivity contribution < 1.29 is 37.0 Å². The highest BCUT2D eigenvalue weighted by atomic mass is 32.2. The maximum atomic E-state index is 13.8. The SMILES string of the molecule is CC(C)C(=O)OCN(COC(=O)C(C)C)S(=O)(=O)C1(COc2nccc3cc(C(=O)NCc4ccc(C#N)cc4)c(=O)n(C)c23)CC1. The first kappa shape index (κ1) is 35.1. The molecular weight excluding hydrogens is 630 g/mol. The number of ether oxygens (including phenoxy) is 3. The summed E-state index contributed by atoms with van der Waals surface area (Å²) >= 11 is 0. The van der Waals surface area contributed by atoms with Crippen molar-refractivity contribution in [2.24, 2.45) is 18.9 Å². The van der Waals surface area contributed by atoms with Gasteiger partial charge in [-0.2, -0.15) is 5.26 Å². The number of hydrogen-bond donors (Lipinski definition) is 1. The summed E-state index contributed by atoms with van der Waals surface area (Å²) in [5, 5.41) is 12.1. The number of aromatic nitrogens is 2. The van der Waals surface area contributed by atoms with E-state index < -0.39 is 63.5 Å². The lowest BCUT2D eigenvalue weighted by atomic mass is 10.1. The molecule has 0 spiro atoms. The lowest BCUT2D eigenvalue weighted by Crippen LogP contribution is -2.46. The van der Waals surface area contributed by atoms with Crippen LogP contribution in [0, 0.1) is 23.2 Å². The number of aryl methyl sites for hydroxylation is 1. The molecule has 0 atom stereocenters. The van der Waals surface area contributed by atoms with Crippen molar-refractivity contribution in [2.75, 3.05) is 20.1 Å². The van der Waals surface area contributed by atoms with Crippen LogP contribution in [0.15, 0.2) is 47.4 Å². The second kappa shape index (κ2) is 14.3. The van der Waals surface area contributed by atoms with E-state index in [2.05, 4.69) is 10.3 Å². The van der Waals surface area contributed by atoms with Crippen molar-refractivity contribution in [3.63, 3.8) is 0 Å². The first-order valence-electron chi connectivity index (χ1n) is 14.9. The van der Waals surface area contributed by atoms with Gasteiger partial charge < -0.3 is 24.1 Å². The third-order valence-electron chi connectivity index (χ3n) is 7.68. The normalized spacial score (nSPS) is 13.8. The fourth-order valence-corrected chi connectivity index (χ4v) is 6.27. The number of carbonyl (C=O) groups is 3. The largest absolute Gasteiger partial charge is 0.474 e. The van der Waals surface area contributed by atoms with Gasteiger partial charge in [-0.1, -0.05) is 39.8 Å². The third-order valence-corrected chi connectivity index (χ3v) is 10.2. The second-order valence-corrected chi connectivity index (χ2v) is 14.2. The molecule has 2 aromatic heterocycles. The second-order valence-electron chi connectivity index (χ2n) is 11.9. The molecule has 0 radical (unpaired) electrons. The Hall–Kier alpha value is -4.81. The van der Waals surface area contributed by atoms with Crippen LogP contribution >= 0.6 is 0 Å². The van der Waals surface area contributed by atoms with Crippen LogP contribution in [-0.4, -0.2) is 64.9 Å². The molecule has 15 heteroatoms. The molecule has 1 fully saturated rings. The Morgan fingerprint density at radius 2 is 1.64 bits per heavy atom. The third kappa shape index (κ3) is 7.78. The predicted molar refractivity (Wildman–Crippen MR) is 169 cm³/mol. The number of amides is 1. The van der Waals surface area contributed by atoms with E-state index in [4.69, 9.17) is 19.5 Å². The van der Waals surface area contributed by atoms with Crippen LogP contribution in [0.2, 0.25) is 0 Å². The van der Waals surface area contributed by atoms with Crippen molar-refractivity contribution in [1.29, 1.82) is 5.26 Å². The van der Waals surface area contributed by atoms with Crippen LogP contribution in [0.25, 0.3) is 10.9 Å². The molecule has 0 unspecified atom stereocenters. The number of benzene rings is 1. The van der Waals surface area contributed by atoms with E-state index in [1.165, 1.54) is 23.9 Å². The van der Waals surface area contributed by atoms with Gasteiger partial charge in [0.05, 0.1) is 23.5 Å². The molecule has 0 aliphatic heterocycles. The zero-order chi connectivity index (χ0) is 34.5. The number of nitrogens with zero attached hydrogens (tertiary/aromatic N) is 4. The topological polar surface area (TPSA) is 187 Å². The number of rotatable bonds is 14. The predicted octanol–water partition coefficient (Wildman–Crippen LogP) is 2.59. The molecule has 1 aromatic carbocycles. The molecule has 0 bridgehead atoms. The molecule has 14 nitrogen and oxygen atoms in total. The molecule has 1 N–H and O–H groups in total. The summed E-state index contributed by atoms with van der Waals surface area (Å²) in [4.78, 5) is 54.8. The molecule has 1 aliphatic rings. The summed E-state index contributed by atoms with van der Waals surface area (Å²) in [6.07, 6.45) is 1.85. The van der Waals surface area contributed by atoms with Gasteiger partial charge in [-0.05, 0) is 42.7 Å². The number of nitrogens with one attached hydrogen (secondary N) is 1.